The number of nitrogens with one attached hydrogen (secondary N) is 2. The zero-order valence-corrected chi connectivity index (χ0v) is 11.9. The van der Waals surface area contributed by atoms with Crippen LogP contribution in [0.1, 0.15) is 19.8 Å². The third-order valence-corrected chi connectivity index (χ3v) is 2.90. The van der Waals surface area contributed by atoms with Crippen LogP contribution in [0.4, 0.5) is 16.2 Å². The van der Waals surface area contributed by atoms with E-state index < -0.39 is 23.0 Å². The summed E-state index contributed by atoms with van der Waals surface area (Å²) in [6, 6.07) is 1.97. The van der Waals surface area contributed by atoms with E-state index in [9.17, 15) is 19.7 Å². The fraction of sp³-hybridized carbons (Fsp3) is 0.333. The highest BCUT2D eigenvalue weighted by atomic mass is 35.5. The zero-order valence-electron chi connectivity index (χ0n) is 11.1. The van der Waals surface area contributed by atoms with Gasteiger partial charge in [-0.3, -0.25) is 10.1 Å². The summed E-state index contributed by atoms with van der Waals surface area (Å²) < 4.78 is 0. The van der Waals surface area contributed by atoms with E-state index in [1.807, 2.05) is 0 Å². The van der Waals surface area contributed by atoms with E-state index in [2.05, 4.69) is 10.6 Å². The van der Waals surface area contributed by atoms with Crippen LogP contribution in [0.2, 0.25) is 5.02 Å². The Kier molecular flexibility index (Phi) is 5.92. The molecule has 0 heterocycles. The number of nitrogens with zero attached hydrogens (tertiary/aromatic N) is 1. The average molecular weight is 316 g/mol. The highest BCUT2D eigenvalue weighted by molar-refractivity contribution is 6.32. The van der Waals surface area contributed by atoms with Gasteiger partial charge in [0.1, 0.15) is 11.1 Å². The predicted octanol–water partition coefficient (Wildman–Crippen LogP) is 2.62. The Balaban J connectivity index is 2.77. The average Bonchev–Trinajstić information content (AvgIpc) is 2.40. The molecule has 0 fully saturated rings. The largest absolute Gasteiger partial charge is 0.480 e. The quantitative estimate of drug-likeness (QED) is 0.550. The van der Waals surface area contributed by atoms with Gasteiger partial charge in [-0.1, -0.05) is 24.9 Å². The lowest BCUT2D eigenvalue weighted by Gasteiger charge is -2.14. The van der Waals surface area contributed by atoms with Crippen molar-refractivity contribution in [1.29, 1.82) is 0 Å². The number of aliphatic carboxylic acids is 1. The van der Waals surface area contributed by atoms with Crippen LogP contribution in [0, 0.1) is 10.1 Å². The lowest BCUT2D eigenvalue weighted by molar-refractivity contribution is -0.384. The Hall–Kier alpha value is -2.35. The van der Waals surface area contributed by atoms with Gasteiger partial charge in [0.05, 0.1) is 4.92 Å². The number of urea groups is 1. The molecule has 0 spiro atoms. The Labute approximate surface area is 125 Å². The minimum absolute atomic E-state index is 0.0552. The first kappa shape index (κ1) is 16.7. The second-order valence-corrected chi connectivity index (χ2v) is 4.61. The van der Waals surface area contributed by atoms with Crippen molar-refractivity contribution in [3.63, 3.8) is 0 Å². The van der Waals surface area contributed by atoms with Crippen molar-refractivity contribution in [2.24, 2.45) is 0 Å². The highest BCUT2D eigenvalue weighted by Crippen LogP contribution is 2.27. The molecule has 1 unspecified atom stereocenters. The van der Waals surface area contributed by atoms with Gasteiger partial charge in [0.25, 0.3) is 5.69 Å². The lowest BCUT2D eigenvalue weighted by atomic mass is 10.2. The number of benzene rings is 1. The van der Waals surface area contributed by atoms with E-state index >= 15 is 0 Å². The SMILES string of the molecule is CCCC(NC(=O)Nc1ccc(Cl)c([N+](=O)[O-])c1)C(=O)O. The molecule has 1 atom stereocenters. The van der Waals surface area contributed by atoms with Crippen molar-refractivity contribution in [3.05, 3.63) is 33.3 Å². The first-order valence-corrected chi connectivity index (χ1v) is 6.47. The van der Waals surface area contributed by atoms with Gasteiger partial charge in [0.15, 0.2) is 0 Å². The monoisotopic (exact) mass is 315 g/mol. The number of amides is 2. The van der Waals surface area contributed by atoms with E-state index in [0.717, 1.165) is 6.07 Å². The maximum Gasteiger partial charge on any atom is 0.326 e. The molecular weight excluding hydrogens is 302 g/mol. The second kappa shape index (κ2) is 7.44. The van der Waals surface area contributed by atoms with Crippen molar-refractivity contribution in [1.82, 2.24) is 5.32 Å². The minimum atomic E-state index is -1.14. The van der Waals surface area contributed by atoms with Gasteiger partial charge in [-0.05, 0) is 18.6 Å². The van der Waals surface area contributed by atoms with E-state index in [4.69, 9.17) is 16.7 Å². The number of carbonyl (C=O) groups is 2. The first-order valence-electron chi connectivity index (χ1n) is 6.09. The van der Waals surface area contributed by atoms with Gasteiger partial charge >= 0.3 is 12.0 Å². The third-order valence-electron chi connectivity index (χ3n) is 2.58. The summed E-state index contributed by atoms with van der Waals surface area (Å²) in [6.45, 7) is 1.79. The van der Waals surface area contributed by atoms with Crippen LogP contribution in [0.15, 0.2) is 18.2 Å². The molecule has 0 saturated heterocycles. The molecule has 1 aromatic carbocycles. The molecular formula is C12H14ClN3O5. The molecule has 1 rings (SSSR count). The van der Waals surface area contributed by atoms with Gasteiger partial charge in [-0.25, -0.2) is 9.59 Å². The summed E-state index contributed by atoms with van der Waals surface area (Å²) in [6.07, 6.45) is 0.868. The van der Waals surface area contributed by atoms with Crippen LogP contribution >= 0.6 is 11.6 Å². The van der Waals surface area contributed by atoms with Crippen molar-refractivity contribution in [2.45, 2.75) is 25.8 Å². The maximum absolute atomic E-state index is 11.7. The molecule has 0 saturated carbocycles. The molecule has 0 aliphatic rings. The number of carboxylic acid groups (broad SMARTS) is 1. The summed E-state index contributed by atoms with van der Waals surface area (Å²) >= 11 is 5.65. The third kappa shape index (κ3) is 4.92. The van der Waals surface area contributed by atoms with Crippen LogP contribution in [-0.2, 0) is 4.79 Å². The van der Waals surface area contributed by atoms with Gasteiger partial charge in [0.2, 0.25) is 0 Å². The molecule has 8 nitrogen and oxygen atoms in total. The standard InChI is InChI=1S/C12H14ClN3O5/c1-2-3-9(11(17)18)15-12(19)14-7-4-5-8(13)10(6-7)16(20)21/h4-6,9H,2-3H2,1H3,(H,17,18)(H2,14,15,19). The summed E-state index contributed by atoms with van der Waals surface area (Å²) in [5.41, 5.74) is -0.206. The topological polar surface area (TPSA) is 122 Å². The van der Waals surface area contributed by atoms with E-state index in [0.29, 0.717) is 6.42 Å². The van der Waals surface area contributed by atoms with Crippen molar-refractivity contribution in [2.75, 3.05) is 5.32 Å². The number of rotatable bonds is 6. The summed E-state index contributed by atoms with van der Waals surface area (Å²) in [4.78, 5) is 32.6. The Bertz CT molecular complexity index is 564. The molecule has 0 bridgehead atoms. The van der Waals surface area contributed by atoms with E-state index in [1.54, 1.807) is 6.92 Å². The molecule has 0 aliphatic carbocycles. The van der Waals surface area contributed by atoms with Gasteiger partial charge in [-0.15, -0.1) is 0 Å². The summed E-state index contributed by atoms with van der Waals surface area (Å²) in [5, 5.41) is 24.2. The number of nitro benzene ring substituents is 1. The number of hydrogen-bond acceptors (Lipinski definition) is 4. The first-order chi connectivity index (χ1) is 9.85. The molecule has 1 aromatic rings. The smallest absolute Gasteiger partial charge is 0.326 e. The van der Waals surface area contributed by atoms with Crippen molar-refractivity contribution < 1.29 is 19.6 Å². The highest BCUT2D eigenvalue weighted by Gasteiger charge is 2.19. The van der Waals surface area contributed by atoms with Crippen LogP contribution in [0.25, 0.3) is 0 Å². The van der Waals surface area contributed by atoms with Gasteiger partial charge in [0, 0.05) is 11.8 Å². The Morgan fingerprint density at radius 2 is 2.14 bits per heavy atom. The van der Waals surface area contributed by atoms with Gasteiger partial charge in [-0.2, -0.15) is 0 Å². The molecule has 21 heavy (non-hydrogen) atoms. The molecule has 114 valence electrons. The summed E-state index contributed by atoms with van der Waals surface area (Å²) in [7, 11) is 0. The molecule has 0 aromatic heterocycles. The number of anilines is 1. The second-order valence-electron chi connectivity index (χ2n) is 4.20. The van der Waals surface area contributed by atoms with Crippen molar-refractivity contribution >= 4 is 35.0 Å². The van der Waals surface area contributed by atoms with Crippen LogP contribution in [0.5, 0.6) is 0 Å². The van der Waals surface area contributed by atoms with Crippen LogP contribution in [0.3, 0.4) is 0 Å². The minimum Gasteiger partial charge on any atom is -0.480 e. The van der Waals surface area contributed by atoms with Crippen LogP contribution in [-0.4, -0.2) is 28.1 Å². The molecule has 9 heteroatoms. The maximum atomic E-state index is 11.7. The number of carbonyl (C=O) groups excluding carboxylic acids is 1. The number of carboxylic acids is 1. The molecule has 2 amide bonds. The Morgan fingerprint density at radius 1 is 1.48 bits per heavy atom. The fourth-order valence-corrected chi connectivity index (χ4v) is 1.79. The molecule has 3 N–H and O–H groups in total. The normalized spacial score (nSPS) is 11.5. The van der Waals surface area contributed by atoms with Crippen molar-refractivity contribution in [3.8, 4) is 0 Å². The number of halogens is 1. The number of hydrogen-bond donors (Lipinski definition) is 3. The molecule has 0 radical (unpaired) electrons. The molecule has 0 aliphatic heterocycles. The number of nitro groups is 1. The van der Waals surface area contributed by atoms with Gasteiger partial charge < -0.3 is 15.7 Å². The lowest BCUT2D eigenvalue weighted by Crippen LogP contribution is -2.42. The van der Waals surface area contributed by atoms with E-state index in [-0.39, 0.29) is 22.8 Å². The van der Waals surface area contributed by atoms with E-state index in [1.165, 1.54) is 12.1 Å². The predicted molar refractivity (Wildman–Crippen MR) is 76.6 cm³/mol. The zero-order chi connectivity index (χ0) is 16.0. The summed E-state index contributed by atoms with van der Waals surface area (Å²) in [5.74, 6) is -1.14. The Morgan fingerprint density at radius 3 is 2.67 bits per heavy atom. The fourth-order valence-electron chi connectivity index (χ4n) is 1.60. The van der Waals surface area contributed by atoms with Crippen LogP contribution < -0.4 is 10.6 Å².